The Morgan fingerprint density at radius 1 is 1.30 bits per heavy atom. The van der Waals surface area contributed by atoms with Crippen molar-refractivity contribution in [3.8, 4) is 5.75 Å². The van der Waals surface area contributed by atoms with Crippen molar-refractivity contribution in [2.75, 3.05) is 30.2 Å². The number of aryl methyl sites for hydroxylation is 1. The van der Waals surface area contributed by atoms with Crippen molar-refractivity contribution >= 4 is 29.5 Å². The van der Waals surface area contributed by atoms with Gasteiger partial charge in [0.1, 0.15) is 11.6 Å². The Balaban J connectivity index is 2.47. The van der Waals surface area contributed by atoms with Gasteiger partial charge in [-0.3, -0.25) is 4.79 Å². The summed E-state index contributed by atoms with van der Waals surface area (Å²) in [6.07, 6.45) is 7.00. The first-order valence-corrected chi connectivity index (χ1v) is 12.8. The molecule has 1 aromatic carbocycles. The summed E-state index contributed by atoms with van der Waals surface area (Å²) in [6.45, 7) is 7.53. The molecule has 2 aromatic rings. The van der Waals surface area contributed by atoms with E-state index >= 15 is 0 Å². The lowest BCUT2D eigenvalue weighted by Crippen LogP contribution is -2.28. The van der Waals surface area contributed by atoms with Crippen LogP contribution in [0.5, 0.6) is 5.75 Å². The Labute approximate surface area is 201 Å². The molecular weight excluding hydrogens is 436 g/mol. The van der Waals surface area contributed by atoms with Gasteiger partial charge in [0.15, 0.2) is 0 Å². The number of benzene rings is 1. The number of ether oxygens (including phenoxy) is 1. The number of carboxylic acid groups (broad SMARTS) is 1. The first kappa shape index (κ1) is 26.8. The Morgan fingerprint density at radius 2 is 2.03 bits per heavy atom. The molecule has 0 aliphatic carbocycles. The lowest BCUT2D eigenvalue weighted by molar-refractivity contribution is -0.142. The molecule has 8 heteroatoms. The molecule has 0 aliphatic rings. The maximum Gasteiger partial charge on any atom is 0.313 e. The van der Waals surface area contributed by atoms with Crippen molar-refractivity contribution in [3.05, 3.63) is 40.6 Å². The number of aliphatic carboxylic acids is 1. The molecule has 4 N–H and O–H groups in total. The lowest BCUT2D eigenvalue weighted by Gasteiger charge is -2.23. The minimum atomic E-state index is -1.02. The van der Waals surface area contributed by atoms with Crippen LogP contribution in [0.2, 0.25) is 0 Å². The second-order valence-electron chi connectivity index (χ2n) is 8.89. The van der Waals surface area contributed by atoms with E-state index in [0.29, 0.717) is 18.2 Å². The molecule has 0 aliphatic heterocycles. The number of nitrogens with one attached hydrogen (secondary N) is 1. The van der Waals surface area contributed by atoms with Crippen LogP contribution in [0.4, 0.5) is 11.8 Å². The van der Waals surface area contributed by atoms with Gasteiger partial charge in [0, 0.05) is 23.7 Å². The Kier molecular flexibility index (Phi) is 9.83. The molecule has 0 saturated heterocycles. The monoisotopic (exact) mass is 474 g/mol. The van der Waals surface area contributed by atoms with E-state index in [4.69, 9.17) is 10.5 Å². The number of hydrogen-bond acceptors (Lipinski definition) is 7. The van der Waals surface area contributed by atoms with Crippen molar-refractivity contribution in [3.63, 3.8) is 0 Å². The Bertz CT molecular complexity index is 941. The maximum atomic E-state index is 11.8. The van der Waals surface area contributed by atoms with Crippen LogP contribution >= 0.6 is 11.8 Å². The Hall–Kier alpha value is -2.48. The Morgan fingerprint density at radius 3 is 2.64 bits per heavy atom. The van der Waals surface area contributed by atoms with Gasteiger partial charge in [0.25, 0.3) is 0 Å². The van der Waals surface area contributed by atoms with E-state index in [1.165, 1.54) is 0 Å². The van der Waals surface area contributed by atoms with Gasteiger partial charge in [-0.25, -0.2) is 4.98 Å². The first-order chi connectivity index (χ1) is 15.6. The topological polar surface area (TPSA) is 110 Å². The molecule has 0 radical (unpaired) electrons. The van der Waals surface area contributed by atoms with E-state index in [1.807, 2.05) is 36.9 Å². The molecule has 1 heterocycles. The molecule has 0 bridgehead atoms. The highest BCUT2D eigenvalue weighted by Gasteiger charge is 2.30. The highest BCUT2D eigenvalue weighted by atomic mass is 32.2. The van der Waals surface area contributed by atoms with Crippen LogP contribution in [0, 0.1) is 6.92 Å². The normalized spacial score (nSPS) is 12.4. The molecule has 2 rings (SSSR count). The van der Waals surface area contributed by atoms with E-state index < -0.39 is 11.4 Å². The fourth-order valence-electron chi connectivity index (χ4n) is 3.76. The van der Waals surface area contributed by atoms with E-state index in [2.05, 4.69) is 28.5 Å². The highest BCUT2D eigenvalue weighted by Crippen LogP contribution is 2.32. The molecule has 33 heavy (non-hydrogen) atoms. The fourth-order valence-corrected chi connectivity index (χ4v) is 4.28. The SMILES string of the molecule is CCCC[C@@H](CCSC)Nc1nc(N)nc(C)c1Cc1cc(C(C)(C)C(=O)O)ccc1OC. The van der Waals surface area contributed by atoms with E-state index in [0.717, 1.165) is 59.6 Å². The molecule has 7 nitrogen and oxygen atoms in total. The number of aromatic nitrogens is 2. The number of hydrogen-bond donors (Lipinski definition) is 3. The standard InChI is InChI=1S/C25H38N4O3S/c1-7-8-9-19(12-13-33-6)28-22-20(16(2)27-24(26)29-22)15-17-14-18(10-11-21(17)32-5)25(3,4)23(30)31/h10-11,14,19H,7-9,12-13,15H2,1-6H3,(H,30,31)(H3,26,27,28,29)/t19-/m0/s1. The minimum absolute atomic E-state index is 0.241. The number of nitrogens with zero attached hydrogens (tertiary/aromatic N) is 2. The smallest absolute Gasteiger partial charge is 0.313 e. The zero-order chi connectivity index (χ0) is 24.6. The summed E-state index contributed by atoms with van der Waals surface area (Å²) >= 11 is 1.84. The van der Waals surface area contributed by atoms with Crippen molar-refractivity contribution in [2.24, 2.45) is 0 Å². The third kappa shape index (κ3) is 7.00. The lowest BCUT2D eigenvalue weighted by atomic mass is 9.83. The van der Waals surface area contributed by atoms with Gasteiger partial charge < -0.3 is 20.9 Å². The molecule has 0 spiro atoms. The average Bonchev–Trinajstić information content (AvgIpc) is 2.77. The van der Waals surface area contributed by atoms with Crippen LogP contribution in [0.3, 0.4) is 0 Å². The largest absolute Gasteiger partial charge is 0.496 e. The molecule has 1 atom stereocenters. The summed E-state index contributed by atoms with van der Waals surface area (Å²) < 4.78 is 5.60. The third-order valence-electron chi connectivity index (χ3n) is 6.05. The van der Waals surface area contributed by atoms with Gasteiger partial charge in [-0.15, -0.1) is 0 Å². The van der Waals surface area contributed by atoms with Gasteiger partial charge in [0.05, 0.1) is 12.5 Å². The van der Waals surface area contributed by atoms with Crippen LogP contribution in [0.1, 0.15) is 68.8 Å². The second-order valence-corrected chi connectivity index (χ2v) is 9.88. The predicted molar refractivity (Wildman–Crippen MR) is 138 cm³/mol. The number of carbonyl (C=O) groups is 1. The van der Waals surface area contributed by atoms with Gasteiger partial charge in [0.2, 0.25) is 5.95 Å². The summed E-state index contributed by atoms with van der Waals surface area (Å²) in [5, 5.41) is 13.3. The number of rotatable bonds is 13. The van der Waals surface area contributed by atoms with E-state index in [1.54, 1.807) is 21.0 Å². The number of nitrogen functional groups attached to an aromatic ring is 1. The number of carboxylic acids is 1. The highest BCUT2D eigenvalue weighted by molar-refractivity contribution is 7.98. The second kappa shape index (κ2) is 12.1. The fraction of sp³-hybridized carbons (Fsp3) is 0.560. The van der Waals surface area contributed by atoms with E-state index in [9.17, 15) is 9.90 Å². The van der Waals surface area contributed by atoms with Crippen LogP contribution in [-0.4, -0.2) is 46.2 Å². The zero-order valence-electron chi connectivity index (χ0n) is 20.7. The summed E-state index contributed by atoms with van der Waals surface area (Å²) in [7, 11) is 1.62. The maximum absolute atomic E-state index is 11.8. The van der Waals surface area contributed by atoms with Crippen LogP contribution in [0.25, 0.3) is 0 Å². The van der Waals surface area contributed by atoms with Gasteiger partial charge in [-0.1, -0.05) is 31.9 Å². The van der Waals surface area contributed by atoms with E-state index in [-0.39, 0.29) is 5.95 Å². The van der Waals surface area contributed by atoms with Crippen LogP contribution in [0.15, 0.2) is 18.2 Å². The van der Waals surface area contributed by atoms with Crippen molar-refractivity contribution in [2.45, 2.75) is 71.3 Å². The summed E-state index contributed by atoms with van der Waals surface area (Å²) in [6, 6.07) is 5.85. The van der Waals surface area contributed by atoms with Gasteiger partial charge in [-0.05, 0) is 62.8 Å². The molecule has 1 aromatic heterocycles. The summed E-state index contributed by atoms with van der Waals surface area (Å²) in [5.41, 5.74) is 8.34. The molecule has 0 saturated carbocycles. The molecular formula is C25H38N4O3S. The average molecular weight is 475 g/mol. The number of unbranched alkanes of at least 4 members (excludes halogenated alkanes) is 1. The number of methoxy groups -OCH3 is 1. The first-order valence-electron chi connectivity index (χ1n) is 11.4. The zero-order valence-corrected chi connectivity index (χ0v) is 21.5. The van der Waals surface area contributed by atoms with Crippen molar-refractivity contribution < 1.29 is 14.6 Å². The summed E-state index contributed by atoms with van der Waals surface area (Å²) in [4.78, 5) is 20.8. The van der Waals surface area contributed by atoms with Crippen molar-refractivity contribution in [1.29, 1.82) is 0 Å². The molecule has 0 fully saturated rings. The van der Waals surface area contributed by atoms with Gasteiger partial charge >= 0.3 is 5.97 Å². The number of nitrogens with two attached hydrogens (primary N) is 1. The van der Waals surface area contributed by atoms with Crippen LogP contribution in [-0.2, 0) is 16.6 Å². The minimum Gasteiger partial charge on any atom is -0.496 e. The van der Waals surface area contributed by atoms with Gasteiger partial charge in [-0.2, -0.15) is 16.7 Å². The number of thioether (sulfide) groups is 1. The third-order valence-corrected chi connectivity index (χ3v) is 6.70. The quantitative estimate of drug-likeness (QED) is 0.370. The van der Waals surface area contributed by atoms with Crippen LogP contribution < -0.4 is 15.8 Å². The molecule has 0 unspecified atom stereocenters. The van der Waals surface area contributed by atoms with Crippen molar-refractivity contribution in [1.82, 2.24) is 9.97 Å². The predicted octanol–water partition coefficient (Wildman–Crippen LogP) is 5.05. The number of anilines is 2. The molecule has 0 amide bonds. The molecule has 182 valence electrons. The summed E-state index contributed by atoms with van der Waals surface area (Å²) in [5.74, 6) is 1.88.